The first-order valence-electron chi connectivity index (χ1n) is 8.53. The molecule has 29 heavy (non-hydrogen) atoms. The third-order valence-electron chi connectivity index (χ3n) is 4.17. The van der Waals surface area contributed by atoms with Gasteiger partial charge in [-0.15, -0.1) is 0 Å². The molecule has 154 valence electrons. The second kappa shape index (κ2) is 8.99. The Labute approximate surface area is 175 Å². The average Bonchev–Trinajstić information content (AvgIpc) is 2.72. The molecule has 2 aromatic carbocycles. The fourth-order valence-electron chi connectivity index (χ4n) is 2.66. The van der Waals surface area contributed by atoms with Crippen LogP contribution in [0.5, 0.6) is 0 Å². The van der Waals surface area contributed by atoms with E-state index in [9.17, 15) is 22.4 Å². The molecule has 3 rings (SSSR count). The van der Waals surface area contributed by atoms with Gasteiger partial charge in [0.15, 0.2) is 0 Å². The molecule has 2 aromatic rings. The normalized spacial score (nSPS) is 15.0. The lowest BCUT2D eigenvalue weighted by Gasteiger charge is -2.26. The van der Waals surface area contributed by atoms with Gasteiger partial charge in [0.25, 0.3) is 11.8 Å². The van der Waals surface area contributed by atoms with Crippen molar-refractivity contribution in [3.05, 3.63) is 63.9 Å². The molecule has 0 aliphatic carbocycles. The second-order valence-corrected chi connectivity index (χ2v) is 8.93. The van der Waals surface area contributed by atoms with Crippen LogP contribution in [0.1, 0.15) is 20.7 Å². The number of carbonyl (C=O) groups is 2. The quantitative estimate of drug-likeness (QED) is 0.641. The van der Waals surface area contributed by atoms with Gasteiger partial charge in [-0.1, -0.05) is 22.0 Å². The fraction of sp³-hybridized carbons (Fsp3) is 0.222. The van der Waals surface area contributed by atoms with Crippen LogP contribution in [0.25, 0.3) is 0 Å². The van der Waals surface area contributed by atoms with Crippen LogP contribution >= 0.6 is 15.9 Å². The van der Waals surface area contributed by atoms with Gasteiger partial charge in [0.05, 0.1) is 23.7 Å². The summed E-state index contributed by atoms with van der Waals surface area (Å²) < 4.78 is 46.1. The first-order chi connectivity index (χ1) is 13.8. The highest BCUT2D eigenvalue weighted by atomic mass is 79.9. The van der Waals surface area contributed by atoms with Crippen LogP contribution in [0, 0.1) is 5.82 Å². The monoisotopic (exact) mass is 485 g/mol. The SMILES string of the molecule is O=C(NNC(=O)c1ccc(Br)cc1F)c1cccc(S(=O)(=O)N2CCOCC2)c1. The fourth-order valence-corrected chi connectivity index (χ4v) is 4.45. The van der Waals surface area contributed by atoms with Crippen LogP contribution < -0.4 is 10.9 Å². The maximum Gasteiger partial charge on any atom is 0.272 e. The zero-order chi connectivity index (χ0) is 21.0. The number of amides is 2. The average molecular weight is 486 g/mol. The molecule has 0 spiro atoms. The van der Waals surface area contributed by atoms with Crippen molar-refractivity contribution in [3.63, 3.8) is 0 Å². The van der Waals surface area contributed by atoms with E-state index in [4.69, 9.17) is 4.74 Å². The predicted molar refractivity (Wildman–Crippen MR) is 105 cm³/mol. The van der Waals surface area contributed by atoms with Gasteiger partial charge in [-0.3, -0.25) is 20.4 Å². The van der Waals surface area contributed by atoms with Crippen LogP contribution in [0.15, 0.2) is 51.8 Å². The molecule has 1 fully saturated rings. The first-order valence-corrected chi connectivity index (χ1v) is 10.8. The molecule has 0 aromatic heterocycles. The van der Waals surface area contributed by atoms with Gasteiger partial charge < -0.3 is 4.74 Å². The summed E-state index contributed by atoms with van der Waals surface area (Å²) in [6.45, 7) is 1.07. The molecule has 0 radical (unpaired) electrons. The molecule has 2 N–H and O–H groups in total. The third-order valence-corrected chi connectivity index (χ3v) is 6.56. The number of hydrogen-bond donors (Lipinski definition) is 2. The Bertz CT molecular complexity index is 1040. The van der Waals surface area contributed by atoms with Crippen molar-refractivity contribution in [1.29, 1.82) is 0 Å². The molecule has 0 atom stereocenters. The Kier molecular flexibility index (Phi) is 6.63. The van der Waals surface area contributed by atoms with Gasteiger partial charge in [0.1, 0.15) is 5.82 Å². The minimum Gasteiger partial charge on any atom is -0.379 e. The predicted octanol–water partition coefficient (Wildman–Crippen LogP) is 1.68. The van der Waals surface area contributed by atoms with Gasteiger partial charge in [-0.2, -0.15) is 4.31 Å². The smallest absolute Gasteiger partial charge is 0.272 e. The lowest BCUT2D eigenvalue weighted by atomic mass is 10.2. The van der Waals surface area contributed by atoms with Gasteiger partial charge >= 0.3 is 0 Å². The van der Waals surface area contributed by atoms with Crippen LogP contribution in [0.3, 0.4) is 0 Å². The molecule has 1 aliphatic rings. The second-order valence-electron chi connectivity index (χ2n) is 6.08. The third kappa shape index (κ3) is 4.99. The van der Waals surface area contributed by atoms with E-state index < -0.39 is 27.7 Å². The minimum absolute atomic E-state index is 0.0240. The molecule has 8 nitrogen and oxygen atoms in total. The van der Waals surface area contributed by atoms with Gasteiger partial charge in [0, 0.05) is 23.1 Å². The summed E-state index contributed by atoms with van der Waals surface area (Å²) in [5.41, 5.74) is 4.03. The van der Waals surface area contributed by atoms with E-state index >= 15 is 0 Å². The maximum atomic E-state index is 13.8. The molecule has 2 amide bonds. The topological polar surface area (TPSA) is 105 Å². The number of benzene rings is 2. The lowest BCUT2D eigenvalue weighted by molar-refractivity contribution is 0.0730. The van der Waals surface area contributed by atoms with E-state index in [1.807, 2.05) is 0 Å². The van der Waals surface area contributed by atoms with E-state index in [2.05, 4.69) is 26.8 Å². The number of nitrogens with zero attached hydrogens (tertiary/aromatic N) is 1. The van der Waals surface area contributed by atoms with Crippen molar-refractivity contribution < 1.29 is 27.1 Å². The summed E-state index contributed by atoms with van der Waals surface area (Å²) in [6, 6.07) is 9.30. The Hall–Kier alpha value is -2.34. The molecule has 0 bridgehead atoms. The zero-order valence-electron chi connectivity index (χ0n) is 15.0. The molecule has 1 aliphatic heterocycles. The number of carbonyl (C=O) groups excluding carboxylic acids is 2. The van der Waals surface area contributed by atoms with E-state index in [-0.39, 0.29) is 29.1 Å². The molecular weight excluding hydrogens is 469 g/mol. The number of rotatable bonds is 4. The summed E-state index contributed by atoms with van der Waals surface area (Å²) >= 11 is 3.09. The van der Waals surface area contributed by atoms with Gasteiger partial charge in [0.2, 0.25) is 10.0 Å². The van der Waals surface area contributed by atoms with Crippen LogP contribution in [0.2, 0.25) is 0 Å². The van der Waals surface area contributed by atoms with E-state index in [1.165, 1.54) is 40.7 Å². The van der Waals surface area contributed by atoms with Crippen molar-refractivity contribution >= 4 is 37.8 Å². The number of hydrogen-bond acceptors (Lipinski definition) is 5. The minimum atomic E-state index is -3.77. The Morgan fingerprint density at radius 1 is 1.03 bits per heavy atom. The number of hydrazine groups is 1. The molecular formula is C18H17BrFN3O5S. The summed E-state index contributed by atoms with van der Waals surface area (Å²) in [7, 11) is -3.77. The number of morpholine rings is 1. The van der Waals surface area contributed by atoms with Crippen molar-refractivity contribution in [3.8, 4) is 0 Å². The van der Waals surface area contributed by atoms with E-state index in [0.717, 1.165) is 6.07 Å². The van der Waals surface area contributed by atoms with Crippen molar-refractivity contribution in [2.45, 2.75) is 4.90 Å². The highest BCUT2D eigenvalue weighted by Gasteiger charge is 2.27. The summed E-state index contributed by atoms with van der Waals surface area (Å²) in [5, 5.41) is 0. The highest BCUT2D eigenvalue weighted by molar-refractivity contribution is 9.10. The van der Waals surface area contributed by atoms with Crippen LogP contribution in [-0.2, 0) is 14.8 Å². The number of sulfonamides is 1. The molecule has 1 heterocycles. The largest absolute Gasteiger partial charge is 0.379 e. The molecule has 11 heteroatoms. The van der Waals surface area contributed by atoms with Gasteiger partial charge in [-0.05, 0) is 36.4 Å². The lowest BCUT2D eigenvalue weighted by Crippen LogP contribution is -2.42. The van der Waals surface area contributed by atoms with Crippen LogP contribution in [-0.4, -0.2) is 50.8 Å². The number of halogens is 2. The van der Waals surface area contributed by atoms with E-state index in [0.29, 0.717) is 17.7 Å². The number of nitrogens with one attached hydrogen (secondary N) is 2. The summed E-state index contributed by atoms with van der Waals surface area (Å²) in [4.78, 5) is 24.3. The zero-order valence-corrected chi connectivity index (χ0v) is 17.4. The van der Waals surface area contributed by atoms with Crippen LogP contribution in [0.4, 0.5) is 4.39 Å². The maximum absolute atomic E-state index is 13.8. The van der Waals surface area contributed by atoms with Crippen molar-refractivity contribution in [1.82, 2.24) is 15.2 Å². The van der Waals surface area contributed by atoms with Gasteiger partial charge in [-0.25, -0.2) is 12.8 Å². The summed E-state index contributed by atoms with van der Waals surface area (Å²) in [5.74, 6) is -2.35. The first kappa shape index (κ1) is 21.4. The van der Waals surface area contributed by atoms with Crippen molar-refractivity contribution in [2.75, 3.05) is 26.3 Å². The Balaban J connectivity index is 1.70. The van der Waals surface area contributed by atoms with Crippen molar-refractivity contribution in [2.24, 2.45) is 0 Å². The highest BCUT2D eigenvalue weighted by Crippen LogP contribution is 2.18. The molecule has 1 saturated heterocycles. The molecule has 0 saturated carbocycles. The number of ether oxygens (including phenoxy) is 1. The standard InChI is InChI=1S/C18H17BrFN3O5S/c19-13-4-5-15(16(20)11-13)18(25)22-21-17(24)12-2-1-3-14(10-12)29(26,27)23-6-8-28-9-7-23/h1-5,10-11H,6-9H2,(H,21,24)(H,22,25). The molecule has 0 unspecified atom stereocenters. The Morgan fingerprint density at radius 2 is 1.72 bits per heavy atom. The summed E-state index contributed by atoms with van der Waals surface area (Å²) in [6.07, 6.45) is 0. The van der Waals surface area contributed by atoms with E-state index in [1.54, 1.807) is 0 Å². The Morgan fingerprint density at radius 3 is 2.41 bits per heavy atom.